The van der Waals surface area contributed by atoms with Crippen LogP contribution >= 0.6 is 0 Å². The summed E-state index contributed by atoms with van der Waals surface area (Å²) in [7, 11) is 0. The fourth-order valence-corrected chi connectivity index (χ4v) is 4.09. The van der Waals surface area contributed by atoms with E-state index in [9.17, 15) is 4.79 Å². The summed E-state index contributed by atoms with van der Waals surface area (Å²) in [5.41, 5.74) is 1.28. The highest BCUT2D eigenvalue weighted by molar-refractivity contribution is 5.76. The molecule has 1 aliphatic heterocycles. The van der Waals surface area contributed by atoms with Crippen molar-refractivity contribution in [3.05, 3.63) is 11.6 Å². The van der Waals surface area contributed by atoms with E-state index in [1.807, 2.05) is 0 Å². The summed E-state index contributed by atoms with van der Waals surface area (Å²) in [6.07, 6.45) is 4.42. The van der Waals surface area contributed by atoms with Gasteiger partial charge in [-0.15, -0.1) is 0 Å². The first-order valence-corrected chi connectivity index (χ1v) is 9.63. The van der Waals surface area contributed by atoms with Gasteiger partial charge in [-0.1, -0.05) is 25.5 Å². The molecule has 1 heterocycles. The highest BCUT2D eigenvalue weighted by Crippen LogP contribution is 2.40. The van der Waals surface area contributed by atoms with Crippen LogP contribution in [0.3, 0.4) is 0 Å². The molecule has 0 radical (unpaired) electrons. The number of hydrogen-bond donors (Lipinski definition) is 1. The Morgan fingerprint density at radius 2 is 2.16 bits per heavy atom. The largest absolute Gasteiger partial charge is 0.379 e. The summed E-state index contributed by atoms with van der Waals surface area (Å²) < 4.78 is 5.34. The van der Waals surface area contributed by atoms with Crippen LogP contribution in [0.2, 0.25) is 0 Å². The van der Waals surface area contributed by atoms with E-state index in [0.717, 1.165) is 39.3 Å². The van der Waals surface area contributed by atoms with E-state index in [0.29, 0.717) is 43.1 Å². The Morgan fingerprint density at radius 1 is 1.44 bits per heavy atom. The lowest BCUT2D eigenvalue weighted by atomic mass is 9.69. The number of nitriles is 1. The van der Waals surface area contributed by atoms with Gasteiger partial charge >= 0.3 is 0 Å². The maximum absolute atomic E-state index is 12.3. The van der Waals surface area contributed by atoms with E-state index in [4.69, 9.17) is 10.00 Å². The Kier molecular flexibility index (Phi) is 7.92. The molecule has 5 heteroatoms. The normalized spacial score (nSPS) is 27.6. The quantitative estimate of drug-likeness (QED) is 0.719. The van der Waals surface area contributed by atoms with Crippen LogP contribution in [0.25, 0.3) is 0 Å². The Labute approximate surface area is 152 Å². The fraction of sp³-hybridized carbons (Fsp3) is 0.800. The highest BCUT2D eigenvalue weighted by atomic mass is 16.5. The van der Waals surface area contributed by atoms with Crippen LogP contribution < -0.4 is 5.32 Å². The zero-order chi connectivity index (χ0) is 18.2. The number of allylic oxidation sites excluding steroid dienone is 2. The van der Waals surface area contributed by atoms with Gasteiger partial charge in [0.05, 0.1) is 19.3 Å². The number of rotatable bonds is 7. The SMILES string of the molecule is CC1=CC(CC#N)C(C(C)C)CC1CC(=O)NCCN1CCOCC1. The molecule has 1 saturated heterocycles. The summed E-state index contributed by atoms with van der Waals surface area (Å²) in [6, 6.07) is 2.32. The lowest BCUT2D eigenvalue weighted by molar-refractivity contribution is -0.122. The molecule has 0 aromatic heterocycles. The smallest absolute Gasteiger partial charge is 0.220 e. The molecule has 1 fully saturated rings. The van der Waals surface area contributed by atoms with E-state index in [1.165, 1.54) is 5.57 Å². The third-order valence-corrected chi connectivity index (χ3v) is 5.70. The molecule has 0 saturated carbocycles. The molecule has 2 rings (SSSR count). The van der Waals surface area contributed by atoms with Crippen molar-refractivity contribution in [3.63, 3.8) is 0 Å². The van der Waals surface area contributed by atoms with Crippen LogP contribution in [0.4, 0.5) is 0 Å². The zero-order valence-electron chi connectivity index (χ0n) is 16.0. The number of amides is 1. The Bertz CT molecular complexity index is 504. The third-order valence-electron chi connectivity index (χ3n) is 5.70. The van der Waals surface area contributed by atoms with E-state index >= 15 is 0 Å². The van der Waals surface area contributed by atoms with Gasteiger partial charge in [0.25, 0.3) is 0 Å². The molecule has 25 heavy (non-hydrogen) atoms. The van der Waals surface area contributed by atoms with Crippen LogP contribution in [-0.4, -0.2) is 50.2 Å². The molecule has 3 atom stereocenters. The van der Waals surface area contributed by atoms with Crippen molar-refractivity contribution in [1.29, 1.82) is 5.26 Å². The van der Waals surface area contributed by atoms with Gasteiger partial charge in [0.1, 0.15) is 0 Å². The lowest BCUT2D eigenvalue weighted by Gasteiger charge is -2.36. The molecular weight excluding hydrogens is 314 g/mol. The van der Waals surface area contributed by atoms with Crippen molar-refractivity contribution in [2.24, 2.45) is 23.7 Å². The molecule has 1 N–H and O–H groups in total. The first-order chi connectivity index (χ1) is 12.0. The summed E-state index contributed by atoms with van der Waals surface area (Å²) in [4.78, 5) is 14.7. The minimum absolute atomic E-state index is 0.146. The third kappa shape index (κ3) is 6.13. The monoisotopic (exact) mass is 347 g/mol. The highest BCUT2D eigenvalue weighted by Gasteiger charge is 2.32. The molecule has 2 aliphatic rings. The Hall–Kier alpha value is -1.38. The van der Waals surface area contributed by atoms with Gasteiger partial charge in [-0.3, -0.25) is 9.69 Å². The van der Waals surface area contributed by atoms with Crippen molar-refractivity contribution in [2.75, 3.05) is 39.4 Å². The summed E-state index contributed by atoms with van der Waals surface area (Å²) in [5, 5.41) is 12.1. The fourth-order valence-electron chi connectivity index (χ4n) is 4.09. The van der Waals surface area contributed by atoms with Crippen molar-refractivity contribution in [1.82, 2.24) is 10.2 Å². The van der Waals surface area contributed by atoms with Gasteiger partial charge in [0.15, 0.2) is 0 Å². The van der Waals surface area contributed by atoms with Crippen molar-refractivity contribution in [3.8, 4) is 6.07 Å². The molecule has 5 nitrogen and oxygen atoms in total. The maximum Gasteiger partial charge on any atom is 0.220 e. The van der Waals surface area contributed by atoms with E-state index < -0.39 is 0 Å². The summed E-state index contributed by atoms with van der Waals surface area (Å²) in [5.74, 6) is 1.83. The summed E-state index contributed by atoms with van der Waals surface area (Å²) in [6.45, 7) is 11.7. The van der Waals surface area contributed by atoms with Crippen molar-refractivity contribution in [2.45, 2.75) is 40.0 Å². The second-order valence-electron chi connectivity index (χ2n) is 7.79. The Morgan fingerprint density at radius 3 is 2.80 bits per heavy atom. The van der Waals surface area contributed by atoms with E-state index in [-0.39, 0.29) is 5.91 Å². The van der Waals surface area contributed by atoms with Gasteiger partial charge in [0.2, 0.25) is 5.91 Å². The first kappa shape index (κ1) is 19.9. The molecule has 140 valence electrons. The predicted octanol–water partition coefficient (Wildman–Crippen LogP) is 2.59. The molecule has 0 bridgehead atoms. The van der Waals surface area contributed by atoms with E-state index in [1.54, 1.807) is 0 Å². The Balaban J connectivity index is 1.80. The van der Waals surface area contributed by atoms with Crippen molar-refractivity contribution >= 4 is 5.91 Å². The second kappa shape index (κ2) is 9.94. The summed E-state index contributed by atoms with van der Waals surface area (Å²) >= 11 is 0. The van der Waals surface area contributed by atoms with Crippen LogP contribution in [0.1, 0.15) is 40.0 Å². The molecule has 0 spiro atoms. The number of morpholine rings is 1. The van der Waals surface area contributed by atoms with Gasteiger partial charge < -0.3 is 10.1 Å². The van der Waals surface area contributed by atoms with Crippen LogP contribution in [0.15, 0.2) is 11.6 Å². The minimum Gasteiger partial charge on any atom is -0.379 e. The van der Waals surface area contributed by atoms with Crippen molar-refractivity contribution < 1.29 is 9.53 Å². The van der Waals surface area contributed by atoms with Gasteiger partial charge in [-0.25, -0.2) is 0 Å². The minimum atomic E-state index is 0.146. The molecular formula is C20H33N3O2. The van der Waals surface area contributed by atoms with Gasteiger partial charge in [-0.05, 0) is 37.0 Å². The van der Waals surface area contributed by atoms with Gasteiger partial charge in [0, 0.05) is 39.0 Å². The van der Waals surface area contributed by atoms with Crippen LogP contribution in [0, 0.1) is 35.0 Å². The number of nitrogens with zero attached hydrogens (tertiary/aromatic N) is 2. The number of hydrogen-bond acceptors (Lipinski definition) is 4. The standard InChI is InChI=1S/C20H33N3O2/c1-15(2)19-13-18(16(3)12-17(19)4-5-21)14-20(24)22-6-7-23-8-10-25-11-9-23/h12,15,17-19H,4,6-11,13-14H2,1-3H3,(H,22,24). The second-order valence-corrected chi connectivity index (χ2v) is 7.79. The maximum atomic E-state index is 12.3. The van der Waals surface area contributed by atoms with Crippen LogP contribution in [-0.2, 0) is 9.53 Å². The number of carbonyl (C=O) groups is 1. The van der Waals surface area contributed by atoms with E-state index in [2.05, 4.69) is 43.1 Å². The molecule has 0 aromatic carbocycles. The predicted molar refractivity (Wildman–Crippen MR) is 98.8 cm³/mol. The molecule has 0 aromatic rings. The molecule has 1 amide bonds. The number of ether oxygens (including phenoxy) is 1. The number of carbonyl (C=O) groups excluding carboxylic acids is 1. The van der Waals surface area contributed by atoms with Crippen LogP contribution in [0.5, 0.6) is 0 Å². The molecule has 3 unspecified atom stereocenters. The average molecular weight is 348 g/mol. The average Bonchev–Trinajstić information content (AvgIpc) is 2.58. The number of nitrogens with one attached hydrogen (secondary N) is 1. The first-order valence-electron chi connectivity index (χ1n) is 9.63. The molecule has 1 aliphatic carbocycles. The zero-order valence-corrected chi connectivity index (χ0v) is 16.0. The lowest BCUT2D eigenvalue weighted by Crippen LogP contribution is -2.41. The van der Waals surface area contributed by atoms with Gasteiger partial charge in [-0.2, -0.15) is 5.26 Å². The topological polar surface area (TPSA) is 65.4 Å².